The minimum Gasteiger partial charge on any atom is -0.387 e. The van der Waals surface area contributed by atoms with E-state index in [-0.39, 0.29) is 29.7 Å². The van der Waals surface area contributed by atoms with Gasteiger partial charge in [-0.15, -0.1) is 0 Å². The maximum absolute atomic E-state index is 12.2. The zero-order valence-corrected chi connectivity index (χ0v) is 11.5. The molecule has 2 rings (SSSR count). The molecule has 1 fully saturated rings. The molecule has 18 heavy (non-hydrogen) atoms. The lowest BCUT2D eigenvalue weighted by atomic mass is 9.85. The summed E-state index contributed by atoms with van der Waals surface area (Å²) >= 11 is 0. The number of aromatic nitrogens is 2. The third-order valence-corrected chi connectivity index (χ3v) is 5.22. The highest BCUT2D eigenvalue weighted by Crippen LogP contribution is 2.34. The predicted molar refractivity (Wildman–Crippen MR) is 66.2 cm³/mol. The Morgan fingerprint density at radius 2 is 2.06 bits per heavy atom. The molecule has 7 nitrogen and oxygen atoms in total. The molecule has 1 aliphatic heterocycles. The number of hydrogen-bond acceptors (Lipinski definition) is 5. The van der Waals surface area contributed by atoms with E-state index in [1.165, 1.54) is 15.2 Å². The third kappa shape index (κ3) is 1.90. The van der Waals surface area contributed by atoms with E-state index in [9.17, 15) is 13.5 Å². The van der Waals surface area contributed by atoms with E-state index in [1.807, 2.05) is 13.8 Å². The van der Waals surface area contributed by atoms with Gasteiger partial charge < -0.3 is 10.8 Å². The van der Waals surface area contributed by atoms with Crippen molar-refractivity contribution in [1.29, 1.82) is 0 Å². The van der Waals surface area contributed by atoms with Gasteiger partial charge in [0.05, 0.1) is 5.60 Å². The largest absolute Gasteiger partial charge is 0.387 e. The van der Waals surface area contributed by atoms with Crippen molar-refractivity contribution in [2.24, 2.45) is 13.0 Å². The summed E-state index contributed by atoms with van der Waals surface area (Å²) in [6.45, 7) is 3.92. The van der Waals surface area contributed by atoms with Crippen LogP contribution in [0.1, 0.15) is 13.8 Å². The van der Waals surface area contributed by atoms with Gasteiger partial charge in [-0.05, 0) is 5.92 Å². The first-order valence-electron chi connectivity index (χ1n) is 5.68. The van der Waals surface area contributed by atoms with E-state index in [0.29, 0.717) is 0 Å². The van der Waals surface area contributed by atoms with E-state index >= 15 is 0 Å². The summed E-state index contributed by atoms with van der Waals surface area (Å²) in [4.78, 5) is -0.00388. The molecule has 102 valence electrons. The number of nitrogen functional groups attached to an aromatic ring is 1. The summed E-state index contributed by atoms with van der Waals surface area (Å²) in [6, 6.07) is 0. The molecular weight excluding hydrogens is 256 g/mol. The Hall–Kier alpha value is -1.12. The van der Waals surface area contributed by atoms with E-state index in [4.69, 9.17) is 5.73 Å². The minimum atomic E-state index is -3.65. The third-order valence-electron chi connectivity index (χ3n) is 3.41. The fraction of sp³-hybridized carbons (Fsp3) is 0.700. The highest BCUT2D eigenvalue weighted by Gasteiger charge is 2.49. The number of aliphatic hydroxyl groups is 1. The van der Waals surface area contributed by atoms with E-state index in [2.05, 4.69) is 5.10 Å². The number of rotatable bonds is 3. The van der Waals surface area contributed by atoms with Crippen molar-refractivity contribution in [3.05, 3.63) is 6.20 Å². The molecule has 0 aromatic carbocycles. The summed E-state index contributed by atoms with van der Waals surface area (Å²) in [6.07, 6.45) is 1.37. The standard InChI is InChI=1S/C10H18N4O3S/c1-7(2)10(15)5-14(6-10)18(16,17)8-4-13(3)12-9(8)11/h4,7,15H,5-6H2,1-3H3,(H2,11,12). The quantitative estimate of drug-likeness (QED) is 0.766. The van der Waals surface area contributed by atoms with E-state index < -0.39 is 15.6 Å². The van der Waals surface area contributed by atoms with Crippen LogP contribution >= 0.6 is 0 Å². The Morgan fingerprint density at radius 3 is 2.44 bits per heavy atom. The first-order valence-corrected chi connectivity index (χ1v) is 7.12. The molecule has 0 aliphatic carbocycles. The number of hydrogen-bond donors (Lipinski definition) is 2. The van der Waals surface area contributed by atoms with Gasteiger partial charge in [-0.1, -0.05) is 13.8 Å². The van der Waals surface area contributed by atoms with Gasteiger partial charge in [0.25, 0.3) is 0 Å². The smallest absolute Gasteiger partial charge is 0.248 e. The second-order valence-electron chi connectivity index (χ2n) is 5.08. The molecule has 0 spiro atoms. The van der Waals surface area contributed by atoms with Gasteiger partial charge in [-0.25, -0.2) is 8.42 Å². The molecule has 1 aromatic rings. The zero-order chi connectivity index (χ0) is 13.7. The molecule has 0 radical (unpaired) electrons. The highest BCUT2D eigenvalue weighted by atomic mass is 32.2. The van der Waals surface area contributed by atoms with Crippen molar-refractivity contribution in [1.82, 2.24) is 14.1 Å². The number of nitrogens with two attached hydrogens (primary N) is 1. The highest BCUT2D eigenvalue weighted by molar-refractivity contribution is 7.89. The van der Waals surface area contributed by atoms with Crippen LogP contribution in [0.4, 0.5) is 5.82 Å². The molecule has 1 aliphatic rings. The van der Waals surface area contributed by atoms with Crippen molar-refractivity contribution >= 4 is 15.8 Å². The van der Waals surface area contributed by atoms with Crippen molar-refractivity contribution < 1.29 is 13.5 Å². The molecule has 3 N–H and O–H groups in total. The predicted octanol–water partition coefficient (Wildman–Crippen LogP) is -0.606. The van der Waals surface area contributed by atoms with Crippen molar-refractivity contribution in [3.8, 4) is 0 Å². The molecule has 2 heterocycles. The van der Waals surface area contributed by atoms with Crippen LogP contribution in [0.25, 0.3) is 0 Å². The van der Waals surface area contributed by atoms with Crippen LogP contribution in [-0.2, 0) is 17.1 Å². The fourth-order valence-electron chi connectivity index (χ4n) is 1.92. The molecule has 8 heteroatoms. The summed E-state index contributed by atoms with van der Waals surface area (Å²) in [5.41, 5.74) is 4.63. The van der Waals surface area contributed by atoms with Crippen molar-refractivity contribution in [2.75, 3.05) is 18.8 Å². The molecule has 0 bridgehead atoms. The van der Waals surface area contributed by atoms with Crippen LogP contribution in [0.5, 0.6) is 0 Å². The molecule has 0 amide bonds. The first-order chi connectivity index (χ1) is 8.17. The number of aryl methyl sites for hydroxylation is 1. The maximum Gasteiger partial charge on any atom is 0.248 e. The monoisotopic (exact) mass is 274 g/mol. The Morgan fingerprint density at radius 1 is 1.50 bits per heavy atom. The van der Waals surface area contributed by atoms with Gasteiger partial charge in [-0.2, -0.15) is 9.40 Å². The number of sulfonamides is 1. The van der Waals surface area contributed by atoms with Crippen molar-refractivity contribution in [2.45, 2.75) is 24.3 Å². The number of nitrogens with zero attached hydrogens (tertiary/aromatic N) is 3. The first kappa shape index (κ1) is 13.3. The summed E-state index contributed by atoms with van der Waals surface area (Å²) in [5.74, 6) is -0.00678. The van der Waals surface area contributed by atoms with Crippen LogP contribution in [-0.4, -0.2) is 46.3 Å². The summed E-state index contributed by atoms with van der Waals surface area (Å²) in [7, 11) is -2.04. The Labute approximate surface area is 106 Å². The minimum absolute atomic E-state index is 0.00388. The average molecular weight is 274 g/mol. The SMILES string of the molecule is CC(C)C1(O)CN(S(=O)(=O)c2cn(C)nc2N)C1. The number of β-amino-alcohol motifs (C(OH)–C–C–N with tert-alkyl or cyclic N) is 1. The fourth-order valence-corrected chi connectivity index (χ4v) is 3.58. The average Bonchev–Trinajstić information content (AvgIpc) is 2.53. The Bertz CT molecular complexity index is 558. The van der Waals surface area contributed by atoms with Gasteiger partial charge in [0.1, 0.15) is 4.90 Å². The van der Waals surface area contributed by atoms with Gasteiger partial charge >= 0.3 is 0 Å². The van der Waals surface area contributed by atoms with Crippen LogP contribution in [0.2, 0.25) is 0 Å². The lowest BCUT2D eigenvalue weighted by Crippen LogP contribution is -2.65. The molecule has 0 saturated carbocycles. The second-order valence-corrected chi connectivity index (χ2v) is 6.99. The van der Waals surface area contributed by atoms with Crippen LogP contribution in [0.3, 0.4) is 0 Å². The summed E-state index contributed by atoms with van der Waals surface area (Å²) in [5, 5.41) is 13.9. The molecule has 1 aromatic heterocycles. The van der Waals surface area contributed by atoms with Crippen LogP contribution < -0.4 is 5.73 Å². The Kier molecular flexibility index (Phi) is 2.91. The molecule has 0 atom stereocenters. The van der Waals surface area contributed by atoms with Gasteiger partial charge in [0, 0.05) is 26.3 Å². The molecule has 1 saturated heterocycles. The second kappa shape index (κ2) is 3.94. The molecule has 0 unspecified atom stereocenters. The number of anilines is 1. The van der Waals surface area contributed by atoms with Crippen LogP contribution in [0.15, 0.2) is 11.1 Å². The normalized spacial score (nSPS) is 20.1. The Balaban J connectivity index is 2.23. The van der Waals surface area contributed by atoms with Gasteiger partial charge in [0.15, 0.2) is 5.82 Å². The van der Waals surface area contributed by atoms with Gasteiger partial charge in [0.2, 0.25) is 10.0 Å². The maximum atomic E-state index is 12.2. The zero-order valence-electron chi connectivity index (χ0n) is 10.7. The van der Waals surface area contributed by atoms with E-state index in [0.717, 1.165) is 0 Å². The van der Waals surface area contributed by atoms with Gasteiger partial charge in [-0.3, -0.25) is 4.68 Å². The molecular formula is C10H18N4O3S. The topological polar surface area (TPSA) is 101 Å². The van der Waals surface area contributed by atoms with E-state index in [1.54, 1.807) is 7.05 Å². The van der Waals surface area contributed by atoms with Crippen molar-refractivity contribution in [3.63, 3.8) is 0 Å². The lowest BCUT2D eigenvalue weighted by Gasteiger charge is -2.47. The summed E-state index contributed by atoms with van der Waals surface area (Å²) < 4.78 is 27.1. The van der Waals surface area contributed by atoms with Crippen LogP contribution in [0, 0.1) is 5.92 Å². The lowest BCUT2D eigenvalue weighted by molar-refractivity contribution is -0.0932.